The summed E-state index contributed by atoms with van der Waals surface area (Å²) in [6.07, 6.45) is 2.56. The summed E-state index contributed by atoms with van der Waals surface area (Å²) in [5.74, 6) is 1.92. The van der Waals surface area contributed by atoms with Crippen molar-refractivity contribution in [2.45, 2.75) is 32.2 Å². The van der Waals surface area contributed by atoms with Gasteiger partial charge in [-0.05, 0) is 36.5 Å². The first-order valence-corrected chi connectivity index (χ1v) is 7.81. The molecule has 1 aromatic carbocycles. The fourth-order valence-electron chi connectivity index (χ4n) is 3.18. The number of hydrogen-bond acceptors (Lipinski definition) is 4. The summed E-state index contributed by atoms with van der Waals surface area (Å²) in [4.78, 5) is 14.6. The summed E-state index contributed by atoms with van der Waals surface area (Å²) in [7, 11) is 3.20. The quantitative estimate of drug-likeness (QED) is 0.901. The first-order chi connectivity index (χ1) is 10.6. The van der Waals surface area contributed by atoms with Gasteiger partial charge in [-0.15, -0.1) is 0 Å². The maximum absolute atomic E-state index is 12.6. The monoisotopic (exact) mass is 306 g/mol. The lowest BCUT2D eigenvalue weighted by atomic mass is 9.90. The van der Waals surface area contributed by atoms with Gasteiger partial charge in [-0.1, -0.05) is 13.0 Å². The number of nitrogens with zero attached hydrogens (tertiary/aromatic N) is 1. The summed E-state index contributed by atoms with van der Waals surface area (Å²) in [6, 6.07) is 5.76. The van der Waals surface area contributed by atoms with E-state index in [1.54, 1.807) is 14.2 Å². The minimum atomic E-state index is 0.134. The van der Waals surface area contributed by atoms with Crippen LogP contribution in [0.25, 0.3) is 0 Å². The Labute approximate surface area is 132 Å². The fourth-order valence-corrected chi connectivity index (χ4v) is 3.18. The summed E-state index contributed by atoms with van der Waals surface area (Å²) in [6.45, 7) is 3.50. The molecule has 1 aliphatic rings. The van der Waals surface area contributed by atoms with Crippen LogP contribution < -0.4 is 15.2 Å². The van der Waals surface area contributed by atoms with E-state index in [0.717, 1.165) is 24.9 Å². The van der Waals surface area contributed by atoms with Crippen LogP contribution in [-0.4, -0.2) is 44.2 Å². The molecular weight excluding hydrogens is 280 g/mol. The zero-order valence-electron chi connectivity index (χ0n) is 13.7. The number of nitrogens with two attached hydrogens (primary N) is 1. The second kappa shape index (κ2) is 7.49. The minimum Gasteiger partial charge on any atom is -0.493 e. The molecule has 0 aliphatic carbocycles. The van der Waals surface area contributed by atoms with Crippen molar-refractivity contribution in [1.29, 1.82) is 0 Å². The molecule has 1 saturated heterocycles. The van der Waals surface area contributed by atoms with Gasteiger partial charge in [0, 0.05) is 19.1 Å². The largest absolute Gasteiger partial charge is 0.493 e. The van der Waals surface area contributed by atoms with Crippen molar-refractivity contribution in [2.24, 2.45) is 11.7 Å². The number of amides is 1. The van der Waals surface area contributed by atoms with E-state index in [1.165, 1.54) is 0 Å². The maximum atomic E-state index is 12.6. The van der Waals surface area contributed by atoms with Gasteiger partial charge in [-0.3, -0.25) is 4.79 Å². The lowest BCUT2D eigenvalue weighted by molar-refractivity contribution is -0.135. The molecule has 0 saturated carbocycles. The van der Waals surface area contributed by atoms with Crippen molar-refractivity contribution in [3.63, 3.8) is 0 Å². The Kier molecular flexibility index (Phi) is 5.66. The number of benzene rings is 1. The van der Waals surface area contributed by atoms with E-state index in [1.807, 2.05) is 23.1 Å². The van der Waals surface area contributed by atoms with Crippen LogP contribution in [0.2, 0.25) is 0 Å². The Morgan fingerprint density at radius 1 is 1.32 bits per heavy atom. The third-order valence-corrected chi connectivity index (χ3v) is 4.48. The minimum absolute atomic E-state index is 0.134. The number of carbonyl (C=O) groups is 1. The van der Waals surface area contributed by atoms with Crippen molar-refractivity contribution >= 4 is 5.91 Å². The van der Waals surface area contributed by atoms with Crippen LogP contribution in [0.4, 0.5) is 0 Å². The molecule has 0 radical (unpaired) electrons. The molecule has 1 heterocycles. The van der Waals surface area contributed by atoms with Crippen molar-refractivity contribution in [3.05, 3.63) is 23.8 Å². The van der Waals surface area contributed by atoms with Gasteiger partial charge >= 0.3 is 0 Å². The van der Waals surface area contributed by atoms with Crippen LogP contribution in [0.15, 0.2) is 18.2 Å². The van der Waals surface area contributed by atoms with E-state index in [0.29, 0.717) is 30.4 Å². The molecule has 2 N–H and O–H groups in total. The third-order valence-electron chi connectivity index (χ3n) is 4.48. The molecule has 2 atom stereocenters. The molecule has 0 bridgehead atoms. The average Bonchev–Trinajstić information content (AvgIpc) is 2.54. The molecule has 2 rings (SSSR count). The molecule has 1 fully saturated rings. The van der Waals surface area contributed by atoms with Crippen LogP contribution in [0.5, 0.6) is 11.5 Å². The molecule has 0 aromatic heterocycles. The average molecular weight is 306 g/mol. The van der Waals surface area contributed by atoms with E-state index in [-0.39, 0.29) is 11.9 Å². The Morgan fingerprint density at radius 2 is 2.05 bits per heavy atom. The summed E-state index contributed by atoms with van der Waals surface area (Å²) < 4.78 is 10.5. The van der Waals surface area contributed by atoms with Crippen LogP contribution in [0.3, 0.4) is 0 Å². The zero-order chi connectivity index (χ0) is 16.1. The van der Waals surface area contributed by atoms with Crippen molar-refractivity contribution in [3.8, 4) is 11.5 Å². The molecule has 2 unspecified atom stereocenters. The Bertz CT molecular complexity index is 519. The maximum Gasteiger partial charge on any atom is 0.227 e. The fraction of sp³-hybridized carbons (Fsp3) is 0.588. The number of ether oxygens (including phenoxy) is 2. The van der Waals surface area contributed by atoms with Gasteiger partial charge in [-0.2, -0.15) is 0 Å². The van der Waals surface area contributed by atoms with Gasteiger partial charge in [0.25, 0.3) is 0 Å². The van der Waals surface area contributed by atoms with Gasteiger partial charge in [-0.25, -0.2) is 0 Å². The molecule has 22 heavy (non-hydrogen) atoms. The first kappa shape index (κ1) is 16.6. The van der Waals surface area contributed by atoms with Crippen molar-refractivity contribution < 1.29 is 14.3 Å². The van der Waals surface area contributed by atoms with Crippen LogP contribution in [0.1, 0.15) is 25.3 Å². The molecule has 1 aromatic rings. The topological polar surface area (TPSA) is 64.8 Å². The van der Waals surface area contributed by atoms with E-state index in [9.17, 15) is 4.79 Å². The Hall–Kier alpha value is -1.75. The smallest absolute Gasteiger partial charge is 0.227 e. The van der Waals surface area contributed by atoms with Gasteiger partial charge in [0.15, 0.2) is 11.5 Å². The van der Waals surface area contributed by atoms with Crippen LogP contribution >= 0.6 is 0 Å². The van der Waals surface area contributed by atoms with Gasteiger partial charge in [0.05, 0.1) is 20.6 Å². The number of hydrogen-bond donors (Lipinski definition) is 1. The first-order valence-electron chi connectivity index (χ1n) is 7.81. The standard InChI is InChI=1S/C17H26N2O3/c1-12-5-4-8-19(14(12)11-18)17(20)10-13-6-7-15(21-2)16(9-13)22-3/h6-7,9,12,14H,4-5,8,10-11,18H2,1-3H3. The third kappa shape index (κ3) is 3.53. The molecule has 5 heteroatoms. The molecular formula is C17H26N2O3. The molecule has 1 aliphatic heterocycles. The van der Waals surface area contributed by atoms with Crippen LogP contribution in [-0.2, 0) is 11.2 Å². The highest BCUT2D eigenvalue weighted by atomic mass is 16.5. The predicted molar refractivity (Wildman–Crippen MR) is 86.2 cm³/mol. The van der Waals surface area contributed by atoms with E-state index < -0.39 is 0 Å². The van der Waals surface area contributed by atoms with E-state index in [4.69, 9.17) is 15.2 Å². The number of likely N-dealkylation sites (tertiary alicyclic amines) is 1. The number of rotatable bonds is 5. The van der Waals surface area contributed by atoms with Crippen molar-refractivity contribution in [2.75, 3.05) is 27.3 Å². The SMILES string of the molecule is COc1ccc(CC(=O)N2CCCC(C)C2CN)cc1OC. The van der Waals surface area contributed by atoms with Gasteiger partial charge in [0.2, 0.25) is 5.91 Å². The molecule has 122 valence electrons. The predicted octanol–water partition coefficient (Wildman–Crippen LogP) is 1.83. The normalized spacial score (nSPS) is 21.5. The highest BCUT2D eigenvalue weighted by Crippen LogP contribution is 2.28. The molecule has 0 spiro atoms. The number of carbonyl (C=O) groups excluding carboxylic acids is 1. The summed E-state index contributed by atoms with van der Waals surface area (Å²) in [5, 5.41) is 0. The Morgan fingerprint density at radius 3 is 2.68 bits per heavy atom. The second-order valence-corrected chi connectivity index (χ2v) is 5.88. The highest BCUT2D eigenvalue weighted by Gasteiger charge is 2.30. The molecule has 1 amide bonds. The summed E-state index contributed by atoms with van der Waals surface area (Å²) in [5.41, 5.74) is 6.80. The molecule has 5 nitrogen and oxygen atoms in total. The van der Waals surface area contributed by atoms with Crippen LogP contribution in [0, 0.1) is 5.92 Å². The van der Waals surface area contributed by atoms with E-state index >= 15 is 0 Å². The van der Waals surface area contributed by atoms with Gasteiger partial charge < -0.3 is 20.1 Å². The highest BCUT2D eigenvalue weighted by molar-refractivity contribution is 5.79. The lowest BCUT2D eigenvalue weighted by Crippen LogP contribution is -2.51. The number of piperidine rings is 1. The van der Waals surface area contributed by atoms with E-state index in [2.05, 4.69) is 6.92 Å². The Balaban J connectivity index is 2.11. The van der Waals surface area contributed by atoms with Crippen molar-refractivity contribution in [1.82, 2.24) is 4.90 Å². The number of methoxy groups -OCH3 is 2. The summed E-state index contributed by atoms with van der Waals surface area (Å²) >= 11 is 0. The lowest BCUT2D eigenvalue weighted by Gasteiger charge is -2.39. The zero-order valence-corrected chi connectivity index (χ0v) is 13.7. The second-order valence-electron chi connectivity index (χ2n) is 5.88. The van der Waals surface area contributed by atoms with Gasteiger partial charge in [0.1, 0.15) is 0 Å².